The maximum atomic E-state index is 12.4. The van der Waals surface area contributed by atoms with Crippen LogP contribution in [0.15, 0.2) is 23.4 Å². The second kappa shape index (κ2) is 6.07. The number of pyridine rings is 1. The Labute approximate surface area is 128 Å². The molecule has 0 radical (unpaired) electrons. The van der Waals surface area contributed by atoms with Crippen molar-refractivity contribution in [2.24, 2.45) is 5.92 Å². The van der Waals surface area contributed by atoms with E-state index in [1.165, 1.54) is 18.2 Å². The molecule has 0 aliphatic carbocycles. The molecule has 1 aromatic heterocycles. The number of nitrogens with one attached hydrogen (secondary N) is 1. The van der Waals surface area contributed by atoms with Gasteiger partial charge in [0, 0.05) is 19.1 Å². The molecule has 3 rings (SSSR count). The number of fused-ring (bicyclic) bond motifs is 2. The smallest absolute Gasteiger partial charge is 0.270 e. The summed E-state index contributed by atoms with van der Waals surface area (Å²) in [6, 6.07) is 3.79. The van der Waals surface area contributed by atoms with E-state index in [-0.39, 0.29) is 11.9 Å². The Morgan fingerprint density at radius 2 is 2.38 bits per heavy atom. The average molecular weight is 305 g/mol. The largest absolute Gasteiger partial charge is 0.516 e. The average Bonchev–Trinajstić information content (AvgIpc) is 3.09. The van der Waals surface area contributed by atoms with Crippen LogP contribution in [0.2, 0.25) is 0 Å². The maximum absolute atomic E-state index is 12.4. The highest BCUT2D eigenvalue weighted by atomic mass is 32.2. The standard InChI is InChI=1S/C15H19N3O2S/c1-21-14-7-10(3-5-19)6-12(16-14)15(20)17-13-9-18-4-2-11(13)8-18/h3,5-7,11,13,19H,2,4,8-9H2,1H3,(H,17,20)/b5-3-. The van der Waals surface area contributed by atoms with Crippen LogP contribution < -0.4 is 5.32 Å². The van der Waals surface area contributed by atoms with Crippen LogP contribution in [0.5, 0.6) is 0 Å². The fourth-order valence-corrected chi connectivity index (χ4v) is 3.56. The Bertz CT molecular complexity index is 576. The van der Waals surface area contributed by atoms with Crippen molar-refractivity contribution >= 4 is 23.7 Å². The van der Waals surface area contributed by atoms with Gasteiger partial charge in [-0.2, -0.15) is 0 Å². The van der Waals surface area contributed by atoms with Crippen molar-refractivity contribution in [1.82, 2.24) is 15.2 Å². The van der Waals surface area contributed by atoms with Crippen LogP contribution in [-0.4, -0.2) is 52.8 Å². The molecule has 0 saturated carbocycles. The van der Waals surface area contributed by atoms with Crippen molar-refractivity contribution in [1.29, 1.82) is 0 Å². The molecule has 3 atom stereocenters. The SMILES string of the molecule is CSc1cc(/C=C\O)cc(C(=O)NC2CN3CCC2C3)n1. The van der Waals surface area contributed by atoms with Crippen molar-refractivity contribution < 1.29 is 9.90 Å². The predicted octanol–water partition coefficient (Wildman–Crippen LogP) is 1.77. The number of piperidine rings is 1. The number of carbonyl (C=O) groups is 1. The van der Waals surface area contributed by atoms with Crippen LogP contribution in [0.1, 0.15) is 22.5 Å². The Morgan fingerprint density at radius 1 is 1.52 bits per heavy atom. The highest BCUT2D eigenvalue weighted by Gasteiger charge is 2.38. The number of rotatable bonds is 4. The Kier molecular flexibility index (Phi) is 4.17. The number of aliphatic hydroxyl groups excluding tert-OH is 1. The van der Waals surface area contributed by atoms with Gasteiger partial charge in [-0.05, 0) is 48.9 Å². The molecule has 1 aromatic rings. The molecule has 2 fully saturated rings. The van der Waals surface area contributed by atoms with E-state index in [2.05, 4.69) is 15.2 Å². The van der Waals surface area contributed by atoms with Crippen LogP contribution in [0.25, 0.3) is 6.08 Å². The first-order valence-electron chi connectivity index (χ1n) is 7.09. The van der Waals surface area contributed by atoms with Gasteiger partial charge >= 0.3 is 0 Å². The Morgan fingerprint density at radius 3 is 3.00 bits per heavy atom. The van der Waals surface area contributed by atoms with Gasteiger partial charge in [-0.15, -0.1) is 11.8 Å². The van der Waals surface area contributed by atoms with E-state index < -0.39 is 0 Å². The molecule has 2 bridgehead atoms. The number of aliphatic hydroxyl groups is 1. The zero-order chi connectivity index (χ0) is 14.8. The molecule has 3 heterocycles. The van der Waals surface area contributed by atoms with Crippen molar-refractivity contribution in [2.45, 2.75) is 17.5 Å². The summed E-state index contributed by atoms with van der Waals surface area (Å²) in [6.07, 6.45) is 5.62. The van der Waals surface area contributed by atoms with Crippen LogP contribution in [0.4, 0.5) is 0 Å². The third kappa shape index (κ3) is 3.06. The number of hydrogen-bond acceptors (Lipinski definition) is 5. The van der Waals surface area contributed by atoms with Gasteiger partial charge in [0.1, 0.15) is 5.69 Å². The summed E-state index contributed by atoms with van der Waals surface area (Å²) in [5.74, 6) is 0.451. The van der Waals surface area contributed by atoms with E-state index in [9.17, 15) is 4.79 Å². The van der Waals surface area contributed by atoms with Gasteiger partial charge in [0.15, 0.2) is 0 Å². The molecule has 3 unspecified atom stereocenters. The first kappa shape index (κ1) is 14.4. The van der Waals surface area contributed by atoms with Gasteiger partial charge in [-0.3, -0.25) is 4.79 Å². The summed E-state index contributed by atoms with van der Waals surface area (Å²) in [4.78, 5) is 19.2. The van der Waals surface area contributed by atoms with Crippen molar-refractivity contribution in [2.75, 3.05) is 25.9 Å². The summed E-state index contributed by atoms with van der Waals surface area (Å²) < 4.78 is 0. The van der Waals surface area contributed by atoms with Gasteiger partial charge in [-0.1, -0.05) is 0 Å². The van der Waals surface area contributed by atoms with E-state index in [1.807, 2.05) is 12.3 Å². The monoisotopic (exact) mass is 305 g/mol. The normalized spacial score (nSPS) is 27.4. The fraction of sp³-hybridized carbons (Fsp3) is 0.467. The van der Waals surface area contributed by atoms with Gasteiger partial charge in [0.2, 0.25) is 0 Å². The third-order valence-corrected chi connectivity index (χ3v) is 4.81. The first-order chi connectivity index (χ1) is 10.2. The number of amides is 1. The van der Waals surface area contributed by atoms with E-state index in [0.717, 1.165) is 36.5 Å². The van der Waals surface area contributed by atoms with E-state index >= 15 is 0 Å². The number of aromatic nitrogens is 1. The molecular formula is C15H19N3O2S. The van der Waals surface area contributed by atoms with Crippen molar-refractivity contribution in [3.8, 4) is 0 Å². The lowest BCUT2D eigenvalue weighted by atomic mass is 10.00. The molecule has 2 aliphatic rings. The van der Waals surface area contributed by atoms with E-state index in [1.54, 1.807) is 12.1 Å². The highest BCUT2D eigenvalue weighted by Crippen LogP contribution is 2.28. The van der Waals surface area contributed by atoms with E-state index in [0.29, 0.717) is 11.6 Å². The molecule has 0 spiro atoms. The molecule has 2 N–H and O–H groups in total. The molecule has 21 heavy (non-hydrogen) atoms. The Balaban J connectivity index is 1.75. The molecule has 6 heteroatoms. The summed E-state index contributed by atoms with van der Waals surface area (Å²) in [7, 11) is 0. The van der Waals surface area contributed by atoms with Crippen LogP contribution in [0, 0.1) is 5.92 Å². The lowest BCUT2D eigenvalue weighted by Gasteiger charge is -2.23. The lowest BCUT2D eigenvalue weighted by Crippen LogP contribution is -2.43. The maximum Gasteiger partial charge on any atom is 0.270 e. The van der Waals surface area contributed by atoms with Gasteiger partial charge in [-0.25, -0.2) is 4.98 Å². The molecular weight excluding hydrogens is 286 g/mol. The third-order valence-electron chi connectivity index (χ3n) is 4.18. The summed E-state index contributed by atoms with van der Waals surface area (Å²) in [5, 5.41) is 12.8. The topological polar surface area (TPSA) is 65.5 Å². The predicted molar refractivity (Wildman–Crippen MR) is 83.5 cm³/mol. The number of carbonyl (C=O) groups excluding carboxylic acids is 1. The number of hydrogen-bond donors (Lipinski definition) is 2. The van der Waals surface area contributed by atoms with E-state index in [4.69, 9.17) is 5.11 Å². The first-order valence-corrected chi connectivity index (χ1v) is 8.32. The Hall–Kier alpha value is -1.53. The minimum atomic E-state index is -0.128. The van der Waals surface area contributed by atoms with Gasteiger partial charge in [0.05, 0.1) is 11.3 Å². The second-order valence-corrected chi connectivity index (χ2v) is 6.36. The second-order valence-electron chi connectivity index (χ2n) is 5.53. The summed E-state index contributed by atoms with van der Waals surface area (Å²) in [6.45, 7) is 3.20. The molecule has 2 saturated heterocycles. The fourth-order valence-electron chi connectivity index (χ4n) is 3.12. The van der Waals surface area contributed by atoms with Crippen LogP contribution in [0.3, 0.4) is 0 Å². The minimum Gasteiger partial charge on any atom is -0.516 e. The van der Waals surface area contributed by atoms with Crippen molar-refractivity contribution in [3.63, 3.8) is 0 Å². The highest BCUT2D eigenvalue weighted by molar-refractivity contribution is 7.98. The molecule has 0 aromatic carbocycles. The van der Waals surface area contributed by atoms with Crippen molar-refractivity contribution in [3.05, 3.63) is 29.7 Å². The molecule has 2 aliphatic heterocycles. The van der Waals surface area contributed by atoms with Crippen LogP contribution in [-0.2, 0) is 0 Å². The van der Waals surface area contributed by atoms with Crippen LogP contribution >= 0.6 is 11.8 Å². The summed E-state index contributed by atoms with van der Waals surface area (Å²) >= 11 is 1.48. The van der Waals surface area contributed by atoms with Gasteiger partial charge < -0.3 is 15.3 Å². The molecule has 112 valence electrons. The quantitative estimate of drug-likeness (QED) is 0.655. The minimum absolute atomic E-state index is 0.128. The zero-order valence-electron chi connectivity index (χ0n) is 12.0. The summed E-state index contributed by atoms with van der Waals surface area (Å²) in [5.41, 5.74) is 1.19. The van der Waals surface area contributed by atoms with Gasteiger partial charge in [0.25, 0.3) is 5.91 Å². The molecule has 1 amide bonds. The lowest BCUT2D eigenvalue weighted by molar-refractivity contribution is 0.0918. The zero-order valence-corrected chi connectivity index (χ0v) is 12.8. The number of thioether (sulfide) groups is 1. The molecule has 5 nitrogen and oxygen atoms in total. The number of nitrogens with zero attached hydrogens (tertiary/aromatic N) is 2.